The van der Waals surface area contributed by atoms with Crippen LogP contribution in [0.5, 0.6) is 0 Å². The molecule has 7 heteroatoms. The largest absolute Gasteiger partial charge is 0.353 e. The smallest absolute Gasteiger partial charge is 0.263 e. The van der Waals surface area contributed by atoms with Gasteiger partial charge in [-0.15, -0.1) is 0 Å². The van der Waals surface area contributed by atoms with Gasteiger partial charge in [0, 0.05) is 18.8 Å². The second-order valence-electron chi connectivity index (χ2n) is 5.71. The Morgan fingerprint density at radius 3 is 2.78 bits per heavy atom. The van der Waals surface area contributed by atoms with Crippen molar-refractivity contribution in [3.8, 4) is 0 Å². The fourth-order valence-corrected chi connectivity index (χ4v) is 2.88. The maximum atomic E-state index is 12.5. The summed E-state index contributed by atoms with van der Waals surface area (Å²) < 4.78 is 1.58. The van der Waals surface area contributed by atoms with Gasteiger partial charge in [-0.1, -0.05) is 25.6 Å². The van der Waals surface area contributed by atoms with Gasteiger partial charge in [0.2, 0.25) is 5.91 Å². The first-order valence-corrected chi connectivity index (χ1v) is 8.70. The van der Waals surface area contributed by atoms with Crippen molar-refractivity contribution in [3.63, 3.8) is 0 Å². The molecule has 0 aromatic carbocycles. The molecule has 1 N–H and O–H groups in total. The lowest BCUT2D eigenvalue weighted by Crippen LogP contribution is -2.37. The molecule has 0 saturated heterocycles. The third-order valence-corrected chi connectivity index (χ3v) is 4.71. The monoisotopic (exact) mass is 334 g/mol. The van der Waals surface area contributed by atoms with Crippen LogP contribution in [-0.4, -0.2) is 32.2 Å². The standard InChI is InChI=1S/C16H22N4O2S/c1-5-20-15(22)12-7-6-8-17-14(12)19-16(20)23-9-13(21)18-11(4)10(2)3/h6-8,10-11H,5,9H2,1-4H3,(H,18,21)/t11-/m1/s1. The third-order valence-electron chi connectivity index (χ3n) is 3.73. The quantitative estimate of drug-likeness (QED) is 0.646. The molecular formula is C16H22N4O2S. The lowest BCUT2D eigenvalue weighted by molar-refractivity contribution is -0.119. The van der Waals surface area contributed by atoms with Gasteiger partial charge < -0.3 is 5.32 Å². The minimum Gasteiger partial charge on any atom is -0.353 e. The fraction of sp³-hybridized carbons (Fsp3) is 0.500. The number of nitrogens with zero attached hydrogens (tertiary/aromatic N) is 3. The first-order valence-electron chi connectivity index (χ1n) is 7.71. The molecule has 23 heavy (non-hydrogen) atoms. The molecule has 0 unspecified atom stereocenters. The van der Waals surface area contributed by atoms with Gasteiger partial charge >= 0.3 is 0 Å². The number of fused-ring (bicyclic) bond motifs is 1. The zero-order valence-corrected chi connectivity index (χ0v) is 14.7. The molecule has 0 saturated carbocycles. The predicted molar refractivity (Wildman–Crippen MR) is 92.6 cm³/mol. The molecule has 0 aliphatic heterocycles. The van der Waals surface area contributed by atoms with E-state index >= 15 is 0 Å². The Balaban J connectivity index is 2.20. The third kappa shape index (κ3) is 4.10. The van der Waals surface area contributed by atoms with Gasteiger partial charge in [-0.3, -0.25) is 14.2 Å². The lowest BCUT2D eigenvalue weighted by Gasteiger charge is -2.17. The molecule has 0 aliphatic carbocycles. The SMILES string of the molecule is CCn1c(SCC(=O)N[C@H](C)C(C)C)nc2ncccc2c1=O. The Bertz CT molecular complexity index is 757. The van der Waals surface area contributed by atoms with Gasteiger partial charge in [0.15, 0.2) is 10.8 Å². The Morgan fingerprint density at radius 2 is 2.13 bits per heavy atom. The van der Waals surface area contributed by atoms with Crippen LogP contribution in [0.3, 0.4) is 0 Å². The van der Waals surface area contributed by atoms with Crippen molar-refractivity contribution in [3.05, 3.63) is 28.7 Å². The molecule has 0 radical (unpaired) electrons. The van der Waals surface area contributed by atoms with Crippen LogP contribution in [0.1, 0.15) is 27.7 Å². The van der Waals surface area contributed by atoms with Crippen LogP contribution in [0.15, 0.2) is 28.3 Å². The van der Waals surface area contributed by atoms with Crippen molar-refractivity contribution in [2.45, 2.75) is 45.4 Å². The molecule has 2 aromatic heterocycles. The van der Waals surface area contributed by atoms with E-state index < -0.39 is 0 Å². The summed E-state index contributed by atoms with van der Waals surface area (Å²) >= 11 is 1.26. The molecule has 6 nitrogen and oxygen atoms in total. The second kappa shape index (κ2) is 7.59. The average molecular weight is 334 g/mol. The fourth-order valence-electron chi connectivity index (χ4n) is 2.02. The molecule has 0 bridgehead atoms. The van der Waals surface area contributed by atoms with Crippen LogP contribution in [0.2, 0.25) is 0 Å². The topological polar surface area (TPSA) is 76.9 Å². The minimum absolute atomic E-state index is 0.0609. The number of carbonyl (C=O) groups is 1. The summed E-state index contributed by atoms with van der Waals surface area (Å²) in [6.07, 6.45) is 1.61. The molecule has 2 heterocycles. The average Bonchev–Trinajstić information content (AvgIpc) is 2.53. The van der Waals surface area contributed by atoms with Crippen LogP contribution >= 0.6 is 11.8 Å². The minimum atomic E-state index is -0.121. The van der Waals surface area contributed by atoms with Crippen molar-refractivity contribution < 1.29 is 4.79 Å². The zero-order chi connectivity index (χ0) is 17.0. The first-order chi connectivity index (χ1) is 10.9. The molecule has 0 fully saturated rings. The normalized spacial score (nSPS) is 12.6. The second-order valence-corrected chi connectivity index (χ2v) is 6.65. The van der Waals surface area contributed by atoms with E-state index in [2.05, 4.69) is 29.1 Å². The van der Waals surface area contributed by atoms with Gasteiger partial charge in [-0.05, 0) is 31.9 Å². The lowest BCUT2D eigenvalue weighted by atomic mass is 10.1. The molecule has 1 amide bonds. The van der Waals surface area contributed by atoms with Crippen LogP contribution < -0.4 is 10.9 Å². The summed E-state index contributed by atoms with van der Waals surface area (Å²) in [5.74, 6) is 0.539. The van der Waals surface area contributed by atoms with Crippen LogP contribution in [0.25, 0.3) is 11.0 Å². The maximum absolute atomic E-state index is 12.5. The number of pyridine rings is 1. The molecule has 2 rings (SSSR count). The highest BCUT2D eigenvalue weighted by Gasteiger charge is 2.14. The summed E-state index contributed by atoms with van der Waals surface area (Å²) in [5, 5.41) is 3.97. The number of nitrogens with one attached hydrogen (secondary N) is 1. The van der Waals surface area contributed by atoms with Crippen molar-refractivity contribution in [1.82, 2.24) is 19.9 Å². The number of hydrogen-bond acceptors (Lipinski definition) is 5. The van der Waals surface area contributed by atoms with Gasteiger partial charge in [-0.25, -0.2) is 9.97 Å². The van der Waals surface area contributed by atoms with Crippen molar-refractivity contribution in [1.29, 1.82) is 0 Å². The summed E-state index contributed by atoms with van der Waals surface area (Å²) in [6, 6.07) is 3.55. The van der Waals surface area contributed by atoms with Crippen molar-refractivity contribution in [2.75, 3.05) is 5.75 Å². The van der Waals surface area contributed by atoms with E-state index in [-0.39, 0.29) is 23.3 Å². The zero-order valence-electron chi connectivity index (χ0n) is 13.9. The number of hydrogen-bond donors (Lipinski definition) is 1. The number of carbonyl (C=O) groups excluding carboxylic acids is 1. The Kier molecular flexibility index (Phi) is 5.76. The molecular weight excluding hydrogens is 312 g/mol. The molecule has 2 aromatic rings. The van der Waals surface area contributed by atoms with E-state index in [1.165, 1.54) is 11.8 Å². The van der Waals surface area contributed by atoms with Gasteiger partial charge in [-0.2, -0.15) is 0 Å². The predicted octanol–water partition coefficient (Wildman–Crippen LogP) is 2.06. The Morgan fingerprint density at radius 1 is 1.39 bits per heavy atom. The highest BCUT2D eigenvalue weighted by Crippen LogP contribution is 2.16. The highest BCUT2D eigenvalue weighted by atomic mass is 32.2. The van der Waals surface area contributed by atoms with Crippen LogP contribution in [0, 0.1) is 5.92 Å². The van der Waals surface area contributed by atoms with Crippen LogP contribution in [-0.2, 0) is 11.3 Å². The number of aromatic nitrogens is 3. The first kappa shape index (κ1) is 17.5. The number of amides is 1. The highest BCUT2D eigenvalue weighted by molar-refractivity contribution is 7.99. The van der Waals surface area contributed by atoms with E-state index in [0.29, 0.717) is 28.7 Å². The van der Waals surface area contributed by atoms with E-state index in [1.54, 1.807) is 22.9 Å². The molecule has 1 atom stereocenters. The van der Waals surface area contributed by atoms with E-state index in [0.717, 1.165) is 0 Å². The van der Waals surface area contributed by atoms with Gasteiger partial charge in [0.1, 0.15) is 0 Å². The molecule has 0 spiro atoms. The Labute approximate surface area is 139 Å². The summed E-state index contributed by atoms with van der Waals surface area (Å²) in [5.41, 5.74) is 0.296. The number of rotatable bonds is 6. The maximum Gasteiger partial charge on any atom is 0.263 e. The molecule has 0 aliphatic rings. The van der Waals surface area contributed by atoms with Gasteiger partial charge in [0.05, 0.1) is 11.1 Å². The van der Waals surface area contributed by atoms with Crippen molar-refractivity contribution in [2.24, 2.45) is 5.92 Å². The van der Waals surface area contributed by atoms with E-state index in [4.69, 9.17) is 0 Å². The van der Waals surface area contributed by atoms with Crippen LogP contribution in [0.4, 0.5) is 0 Å². The van der Waals surface area contributed by atoms with E-state index in [9.17, 15) is 9.59 Å². The number of thioether (sulfide) groups is 1. The summed E-state index contributed by atoms with van der Waals surface area (Å²) in [7, 11) is 0. The molecule has 124 valence electrons. The Hall–Kier alpha value is -1.89. The summed E-state index contributed by atoms with van der Waals surface area (Å²) in [4.78, 5) is 33.0. The van der Waals surface area contributed by atoms with E-state index in [1.807, 2.05) is 13.8 Å². The summed E-state index contributed by atoms with van der Waals surface area (Å²) in [6.45, 7) is 8.49. The van der Waals surface area contributed by atoms with Crippen molar-refractivity contribution >= 4 is 28.7 Å². The van der Waals surface area contributed by atoms with Gasteiger partial charge in [0.25, 0.3) is 5.56 Å².